The van der Waals surface area contributed by atoms with Crippen molar-refractivity contribution in [2.75, 3.05) is 7.11 Å². The van der Waals surface area contributed by atoms with Gasteiger partial charge in [0.2, 0.25) is 0 Å². The van der Waals surface area contributed by atoms with Gasteiger partial charge in [-0.3, -0.25) is 4.79 Å². The Balaban J connectivity index is 2.77. The molecule has 1 aromatic carbocycles. The third-order valence-corrected chi connectivity index (χ3v) is 2.66. The Bertz CT molecular complexity index is 509. The molecular formula is C16H21NO3. The molecule has 0 aliphatic heterocycles. The lowest BCUT2D eigenvalue weighted by Crippen LogP contribution is -2.23. The van der Waals surface area contributed by atoms with Gasteiger partial charge in [-0.2, -0.15) is 5.26 Å². The highest BCUT2D eigenvalue weighted by Crippen LogP contribution is 2.25. The molecule has 4 nitrogen and oxygen atoms in total. The van der Waals surface area contributed by atoms with Crippen molar-refractivity contribution < 1.29 is 14.3 Å². The van der Waals surface area contributed by atoms with Gasteiger partial charge >= 0.3 is 5.97 Å². The second-order valence-electron chi connectivity index (χ2n) is 5.59. The standard InChI is InChI=1S/C16H21NO3/c1-16(2,3)20-14-10-12(8-9-13(14)11-17)6-5-7-15(18)19-4/h8-10H,5-7H2,1-4H3. The van der Waals surface area contributed by atoms with E-state index >= 15 is 0 Å². The van der Waals surface area contributed by atoms with Crippen molar-refractivity contribution in [2.45, 2.75) is 45.6 Å². The predicted molar refractivity (Wildman–Crippen MR) is 76.5 cm³/mol. The molecule has 0 heterocycles. The Labute approximate surface area is 120 Å². The molecule has 0 N–H and O–H groups in total. The zero-order chi connectivity index (χ0) is 15.2. The minimum atomic E-state index is -0.351. The molecule has 0 aliphatic rings. The van der Waals surface area contributed by atoms with E-state index in [2.05, 4.69) is 10.8 Å². The number of nitriles is 1. The normalized spacial score (nSPS) is 10.8. The topological polar surface area (TPSA) is 59.3 Å². The van der Waals surface area contributed by atoms with Crippen molar-refractivity contribution in [3.8, 4) is 11.8 Å². The zero-order valence-corrected chi connectivity index (χ0v) is 12.5. The summed E-state index contributed by atoms with van der Waals surface area (Å²) in [7, 11) is 1.39. The molecule has 0 atom stereocenters. The molecule has 20 heavy (non-hydrogen) atoms. The molecule has 0 fully saturated rings. The van der Waals surface area contributed by atoms with Crippen LogP contribution in [0.25, 0.3) is 0 Å². The first-order chi connectivity index (χ1) is 9.35. The van der Waals surface area contributed by atoms with Crippen LogP contribution < -0.4 is 4.74 Å². The lowest BCUT2D eigenvalue weighted by Gasteiger charge is -2.22. The Hall–Kier alpha value is -2.02. The summed E-state index contributed by atoms with van der Waals surface area (Å²) >= 11 is 0. The van der Waals surface area contributed by atoms with Crippen molar-refractivity contribution in [3.05, 3.63) is 29.3 Å². The van der Waals surface area contributed by atoms with Gasteiger partial charge in [0.1, 0.15) is 17.4 Å². The quantitative estimate of drug-likeness (QED) is 0.774. The minimum absolute atomic E-state index is 0.204. The maximum Gasteiger partial charge on any atom is 0.305 e. The van der Waals surface area contributed by atoms with E-state index < -0.39 is 0 Å². The van der Waals surface area contributed by atoms with Crippen molar-refractivity contribution >= 4 is 5.97 Å². The zero-order valence-electron chi connectivity index (χ0n) is 12.5. The lowest BCUT2D eigenvalue weighted by molar-refractivity contribution is -0.140. The van der Waals surface area contributed by atoms with Crippen LogP contribution in [-0.2, 0) is 16.0 Å². The van der Waals surface area contributed by atoms with Crippen LogP contribution in [0.2, 0.25) is 0 Å². The third kappa shape index (κ3) is 5.31. The van der Waals surface area contributed by atoms with Crippen LogP contribution in [0.1, 0.15) is 44.7 Å². The second-order valence-corrected chi connectivity index (χ2v) is 5.59. The summed E-state index contributed by atoms with van der Waals surface area (Å²) in [4.78, 5) is 11.1. The maximum atomic E-state index is 11.1. The summed E-state index contributed by atoms with van der Waals surface area (Å²) in [5.74, 6) is 0.389. The van der Waals surface area contributed by atoms with Gasteiger partial charge in [0, 0.05) is 6.42 Å². The van der Waals surface area contributed by atoms with E-state index in [0.717, 1.165) is 12.0 Å². The summed E-state index contributed by atoms with van der Waals surface area (Å²) < 4.78 is 10.4. The molecule has 1 rings (SSSR count). The van der Waals surface area contributed by atoms with E-state index in [1.54, 1.807) is 6.07 Å². The molecule has 0 unspecified atom stereocenters. The molecule has 4 heteroatoms. The van der Waals surface area contributed by atoms with Crippen molar-refractivity contribution in [1.29, 1.82) is 5.26 Å². The molecule has 0 bridgehead atoms. The largest absolute Gasteiger partial charge is 0.487 e. The number of nitrogens with zero attached hydrogens (tertiary/aromatic N) is 1. The fourth-order valence-corrected chi connectivity index (χ4v) is 1.77. The predicted octanol–water partition coefficient (Wildman–Crippen LogP) is 3.23. The molecule has 0 saturated heterocycles. The van der Waals surface area contributed by atoms with Gasteiger partial charge in [0.05, 0.1) is 12.7 Å². The van der Waals surface area contributed by atoms with E-state index in [0.29, 0.717) is 24.2 Å². The Kier molecular flexibility index (Phi) is 5.57. The monoisotopic (exact) mass is 275 g/mol. The Morgan fingerprint density at radius 3 is 2.60 bits per heavy atom. The van der Waals surface area contributed by atoms with Crippen molar-refractivity contribution in [2.24, 2.45) is 0 Å². The number of carbonyl (C=O) groups is 1. The summed E-state index contributed by atoms with van der Waals surface area (Å²) in [5.41, 5.74) is 1.22. The third-order valence-electron chi connectivity index (χ3n) is 2.66. The van der Waals surface area contributed by atoms with E-state index in [9.17, 15) is 4.79 Å². The highest BCUT2D eigenvalue weighted by atomic mass is 16.5. The van der Waals surface area contributed by atoms with E-state index in [1.165, 1.54) is 7.11 Å². The fourth-order valence-electron chi connectivity index (χ4n) is 1.77. The first-order valence-electron chi connectivity index (χ1n) is 6.64. The van der Waals surface area contributed by atoms with Crippen LogP contribution >= 0.6 is 0 Å². The Morgan fingerprint density at radius 1 is 1.35 bits per heavy atom. The number of rotatable bonds is 5. The molecule has 0 amide bonds. The van der Waals surface area contributed by atoms with Gasteiger partial charge in [-0.15, -0.1) is 0 Å². The van der Waals surface area contributed by atoms with E-state index in [1.807, 2.05) is 32.9 Å². The van der Waals surface area contributed by atoms with Gasteiger partial charge in [0.25, 0.3) is 0 Å². The Morgan fingerprint density at radius 2 is 2.05 bits per heavy atom. The highest BCUT2D eigenvalue weighted by molar-refractivity contribution is 5.69. The fraction of sp³-hybridized carbons (Fsp3) is 0.500. The minimum Gasteiger partial charge on any atom is -0.487 e. The molecule has 0 spiro atoms. The van der Waals surface area contributed by atoms with Crippen LogP contribution in [0.5, 0.6) is 5.75 Å². The molecular weight excluding hydrogens is 254 g/mol. The van der Waals surface area contributed by atoms with Crippen molar-refractivity contribution in [1.82, 2.24) is 0 Å². The van der Waals surface area contributed by atoms with E-state index in [4.69, 9.17) is 10.00 Å². The second kappa shape index (κ2) is 6.95. The number of methoxy groups -OCH3 is 1. The van der Waals surface area contributed by atoms with Crippen LogP contribution in [0.15, 0.2) is 18.2 Å². The van der Waals surface area contributed by atoms with Gasteiger partial charge < -0.3 is 9.47 Å². The molecule has 0 aromatic heterocycles. The van der Waals surface area contributed by atoms with Crippen molar-refractivity contribution in [3.63, 3.8) is 0 Å². The smallest absolute Gasteiger partial charge is 0.305 e. The summed E-state index contributed by atoms with van der Waals surface area (Å²) in [6.07, 6.45) is 1.86. The van der Waals surface area contributed by atoms with Crippen LogP contribution in [0, 0.1) is 11.3 Å². The molecule has 0 radical (unpaired) electrons. The first kappa shape index (κ1) is 16.0. The molecule has 1 aromatic rings. The van der Waals surface area contributed by atoms with Gasteiger partial charge in [-0.05, 0) is 51.3 Å². The first-order valence-corrected chi connectivity index (χ1v) is 6.64. The summed E-state index contributed by atoms with van der Waals surface area (Å²) in [5, 5.41) is 9.10. The van der Waals surface area contributed by atoms with Crippen LogP contribution in [0.3, 0.4) is 0 Å². The van der Waals surface area contributed by atoms with Crippen LogP contribution in [-0.4, -0.2) is 18.7 Å². The molecule has 0 aliphatic carbocycles. The number of hydrogen-bond acceptors (Lipinski definition) is 4. The number of hydrogen-bond donors (Lipinski definition) is 0. The van der Waals surface area contributed by atoms with Crippen LogP contribution in [0.4, 0.5) is 0 Å². The average molecular weight is 275 g/mol. The number of ether oxygens (including phenoxy) is 2. The number of esters is 1. The summed E-state index contributed by atoms with van der Waals surface area (Å²) in [6.45, 7) is 5.83. The SMILES string of the molecule is COC(=O)CCCc1ccc(C#N)c(OC(C)(C)C)c1. The summed E-state index contributed by atoms with van der Waals surface area (Å²) in [6, 6.07) is 7.66. The number of aryl methyl sites for hydroxylation is 1. The number of carbonyl (C=O) groups excluding carboxylic acids is 1. The van der Waals surface area contributed by atoms with Gasteiger partial charge in [-0.25, -0.2) is 0 Å². The number of benzene rings is 1. The molecule has 0 saturated carbocycles. The maximum absolute atomic E-state index is 11.1. The lowest BCUT2D eigenvalue weighted by atomic mass is 10.0. The van der Waals surface area contributed by atoms with Gasteiger partial charge in [-0.1, -0.05) is 6.07 Å². The highest BCUT2D eigenvalue weighted by Gasteiger charge is 2.15. The van der Waals surface area contributed by atoms with Gasteiger partial charge in [0.15, 0.2) is 0 Å². The van der Waals surface area contributed by atoms with E-state index in [-0.39, 0.29) is 11.6 Å². The molecule has 108 valence electrons. The average Bonchev–Trinajstić information content (AvgIpc) is 2.37.